The van der Waals surface area contributed by atoms with E-state index >= 15 is 0 Å². The standard InChI is InChI=1S/C25H29FN2O/c1-4-5-6-19-7-9-21(10-8-19)25-27-15-22(16-28-25)20-11-13-23(14-12-20)29-17-24(26)18(2)3/h7-16,18,24H,4-6,17H2,1-3H3. The number of ether oxygens (including phenoxy) is 1. The van der Waals surface area contributed by atoms with Crippen molar-refractivity contribution in [2.24, 2.45) is 5.92 Å². The molecule has 3 aromatic rings. The van der Waals surface area contributed by atoms with E-state index in [0.29, 0.717) is 5.75 Å². The average Bonchev–Trinajstić information content (AvgIpc) is 2.77. The first kappa shape index (κ1) is 21.0. The smallest absolute Gasteiger partial charge is 0.159 e. The summed E-state index contributed by atoms with van der Waals surface area (Å²) in [5.74, 6) is 1.34. The molecule has 152 valence electrons. The summed E-state index contributed by atoms with van der Waals surface area (Å²) >= 11 is 0. The van der Waals surface area contributed by atoms with E-state index in [2.05, 4.69) is 41.2 Å². The molecule has 3 rings (SSSR count). The molecule has 0 radical (unpaired) electrons. The molecular formula is C25H29FN2O. The van der Waals surface area contributed by atoms with E-state index in [9.17, 15) is 4.39 Å². The number of rotatable bonds is 9. The van der Waals surface area contributed by atoms with Gasteiger partial charge in [-0.15, -0.1) is 0 Å². The van der Waals surface area contributed by atoms with Crippen LogP contribution in [0.1, 0.15) is 39.2 Å². The summed E-state index contributed by atoms with van der Waals surface area (Å²) < 4.78 is 19.2. The van der Waals surface area contributed by atoms with E-state index in [1.54, 1.807) is 0 Å². The monoisotopic (exact) mass is 392 g/mol. The maximum absolute atomic E-state index is 13.7. The van der Waals surface area contributed by atoms with Crippen molar-refractivity contribution >= 4 is 0 Å². The quantitative estimate of drug-likeness (QED) is 0.415. The minimum absolute atomic E-state index is 0.0440. The van der Waals surface area contributed by atoms with Gasteiger partial charge >= 0.3 is 0 Å². The Hall–Kier alpha value is -2.75. The maximum atomic E-state index is 13.7. The van der Waals surface area contributed by atoms with Crippen LogP contribution >= 0.6 is 0 Å². The second-order valence-corrected chi connectivity index (χ2v) is 7.69. The molecule has 0 bridgehead atoms. The molecular weight excluding hydrogens is 363 g/mol. The number of nitrogens with zero attached hydrogens (tertiary/aromatic N) is 2. The number of aromatic nitrogens is 2. The van der Waals surface area contributed by atoms with Gasteiger partial charge in [-0.25, -0.2) is 14.4 Å². The fraction of sp³-hybridized carbons (Fsp3) is 0.360. The maximum Gasteiger partial charge on any atom is 0.159 e. The normalized spacial score (nSPS) is 12.2. The number of hydrogen-bond acceptors (Lipinski definition) is 3. The lowest BCUT2D eigenvalue weighted by Gasteiger charge is -2.13. The van der Waals surface area contributed by atoms with E-state index in [-0.39, 0.29) is 12.5 Å². The zero-order chi connectivity index (χ0) is 20.6. The molecule has 1 atom stereocenters. The Morgan fingerprint density at radius 3 is 2.07 bits per heavy atom. The van der Waals surface area contributed by atoms with Crippen LogP contribution in [0.5, 0.6) is 5.75 Å². The van der Waals surface area contributed by atoms with Crippen molar-refractivity contribution in [1.29, 1.82) is 0 Å². The molecule has 29 heavy (non-hydrogen) atoms. The van der Waals surface area contributed by atoms with Gasteiger partial charge < -0.3 is 4.74 Å². The van der Waals surface area contributed by atoms with Crippen LogP contribution in [0, 0.1) is 5.92 Å². The first-order valence-electron chi connectivity index (χ1n) is 10.4. The molecule has 1 unspecified atom stereocenters. The molecule has 0 fully saturated rings. The predicted molar refractivity (Wildman–Crippen MR) is 117 cm³/mol. The van der Waals surface area contributed by atoms with Crippen molar-refractivity contribution in [3.05, 3.63) is 66.5 Å². The van der Waals surface area contributed by atoms with Gasteiger partial charge in [-0.3, -0.25) is 0 Å². The Balaban J connectivity index is 1.64. The van der Waals surface area contributed by atoms with Crippen LogP contribution in [0.4, 0.5) is 4.39 Å². The fourth-order valence-electron chi connectivity index (χ4n) is 2.94. The SMILES string of the molecule is CCCCc1ccc(-c2ncc(-c3ccc(OCC(F)C(C)C)cc3)cn2)cc1. The summed E-state index contributed by atoms with van der Waals surface area (Å²) in [4.78, 5) is 9.05. The van der Waals surface area contributed by atoms with Crippen molar-refractivity contribution in [2.45, 2.75) is 46.2 Å². The molecule has 0 aliphatic heterocycles. The van der Waals surface area contributed by atoms with E-state index in [4.69, 9.17) is 4.74 Å². The van der Waals surface area contributed by atoms with Crippen molar-refractivity contribution in [3.8, 4) is 28.3 Å². The molecule has 0 N–H and O–H groups in total. The third kappa shape index (κ3) is 5.86. The highest BCUT2D eigenvalue weighted by atomic mass is 19.1. The number of benzene rings is 2. The Morgan fingerprint density at radius 2 is 1.48 bits per heavy atom. The second-order valence-electron chi connectivity index (χ2n) is 7.69. The molecule has 3 nitrogen and oxygen atoms in total. The highest BCUT2D eigenvalue weighted by Gasteiger charge is 2.12. The summed E-state index contributed by atoms with van der Waals surface area (Å²) in [6.07, 6.45) is 6.23. The van der Waals surface area contributed by atoms with Crippen LogP contribution in [0.3, 0.4) is 0 Å². The summed E-state index contributed by atoms with van der Waals surface area (Å²) in [7, 11) is 0. The van der Waals surface area contributed by atoms with E-state index in [1.165, 1.54) is 18.4 Å². The zero-order valence-corrected chi connectivity index (χ0v) is 17.4. The van der Waals surface area contributed by atoms with Crippen LogP contribution in [0.15, 0.2) is 60.9 Å². The van der Waals surface area contributed by atoms with Gasteiger partial charge in [-0.1, -0.05) is 63.6 Å². The second kappa shape index (κ2) is 10.1. The van der Waals surface area contributed by atoms with Crippen LogP contribution in [0.2, 0.25) is 0 Å². The third-order valence-corrected chi connectivity index (χ3v) is 5.00. The Kier molecular flexibility index (Phi) is 7.34. The van der Waals surface area contributed by atoms with Crippen molar-refractivity contribution in [3.63, 3.8) is 0 Å². The van der Waals surface area contributed by atoms with Gasteiger partial charge in [0.15, 0.2) is 5.82 Å². The van der Waals surface area contributed by atoms with Crippen molar-refractivity contribution < 1.29 is 9.13 Å². The van der Waals surface area contributed by atoms with Gasteiger partial charge in [0.25, 0.3) is 0 Å². The lowest BCUT2D eigenvalue weighted by molar-refractivity contribution is 0.155. The third-order valence-electron chi connectivity index (χ3n) is 5.00. The Labute approximate surface area is 173 Å². The highest BCUT2D eigenvalue weighted by molar-refractivity contribution is 5.64. The van der Waals surface area contributed by atoms with Crippen molar-refractivity contribution in [2.75, 3.05) is 6.61 Å². The van der Waals surface area contributed by atoms with Crippen LogP contribution < -0.4 is 4.74 Å². The Bertz CT molecular complexity index is 874. The summed E-state index contributed by atoms with van der Waals surface area (Å²) in [5.41, 5.74) is 4.30. The molecule has 4 heteroatoms. The Morgan fingerprint density at radius 1 is 0.862 bits per heavy atom. The number of hydrogen-bond donors (Lipinski definition) is 0. The molecule has 0 aliphatic carbocycles. The number of alkyl halides is 1. The lowest BCUT2D eigenvalue weighted by Crippen LogP contribution is -2.18. The lowest BCUT2D eigenvalue weighted by atomic mass is 10.1. The predicted octanol–water partition coefficient (Wildman–Crippen LogP) is 6.53. The zero-order valence-electron chi connectivity index (χ0n) is 17.4. The average molecular weight is 393 g/mol. The van der Waals surface area contributed by atoms with Gasteiger partial charge in [0.1, 0.15) is 18.5 Å². The summed E-state index contributed by atoms with van der Waals surface area (Å²) in [6, 6.07) is 16.1. The van der Waals surface area contributed by atoms with Crippen LogP contribution in [0.25, 0.3) is 22.5 Å². The topological polar surface area (TPSA) is 35.0 Å². The molecule has 2 aromatic carbocycles. The highest BCUT2D eigenvalue weighted by Crippen LogP contribution is 2.24. The van der Waals surface area contributed by atoms with Crippen LogP contribution in [-0.2, 0) is 6.42 Å². The summed E-state index contributed by atoms with van der Waals surface area (Å²) in [5, 5.41) is 0. The molecule has 0 spiro atoms. The number of aryl methyl sites for hydroxylation is 1. The largest absolute Gasteiger partial charge is 0.491 e. The molecule has 1 heterocycles. The van der Waals surface area contributed by atoms with E-state index in [0.717, 1.165) is 28.9 Å². The molecule has 0 saturated carbocycles. The minimum Gasteiger partial charge on any atom is -0.491 e. The van der Waals surface area contributed by atoms with Gasteiger partial charge in [-0.05, 0) is 42.0 Å². The molecule has 0 saturated heterocycles. The summed E-state index contributed by atoms with van der Waals surface area (Å²) in [6.45, 7) is 5.98. The van der Waals surface area contributed by atoms with Crippen LogP contribution in [-0.4, -0.2) is 22.7 Å². The van der Waals surface area contributed by atoms with Gasteiger partial charge in [0.05, 0.1) is 0 Å². The van der Waals surface area contributed by atoms with Gasteiger partial charge in [0, 0.05) is 23.5 Å². The molecule has 0 aliphatic rings. The van der Waals surface area contributed by atoms with E-state index < -0.39 is 6.17 Å². The fourth-order valence-corrected chi connectivity index (χ4v) is 2.94. The first-order chi connectivity index (χ1) is 14.1. The molecule has 0 amide bonds. The van der Waals surface area contributed by atoms with Crippen molar-refractivity contribution in [1.82, 2.24) is 9.97 Å². The number of unbranched alkanes of at least 4 members (excludes halogenated alkanes) is 1. The molecule has 1 aromatic heterocycles. The first-order valence-corrected chi connectivity index (χ1v) is 10.4. The van der Waals surface area contributed by atoms with Gasteiger partial charge in [-0.2, -0.15) is 0 Å². The number of halogens is 1. The van der Waals surface area contributed by atoms with Gasteiger partial charge in [0.2, 0.25) is 0 Å². The van der Waals surface area contributed by atoms with E-state index in [1.807, 2.05) is 50.5 Å². The minimum atomic E-state index is -0.962.